The van der Waals surface area contributed by atoms with E-state index in [0.717, 1.165) is 15.7 Å². The van der Waals surface area contributed by atoms with E-state index in [4.69, 9.17) is 9.47 Å². The Kier molecular flexibility index (Phi) is 8.16. The Morgan fingerprint density at radius 3 is 2.48 bits per heavy atom. The summed E-state index contributed by atoms with van der Waals surface area (Å²) in [6, 6.07) is 10.6. The van der Waals surface area contributed by atoms with Gasteiger partial charge in [0.15, 0.2) is 0 Å². The van der Waals surface area contributed by atoms with Gasteiger partial charge in [-0.3, -0.25) is 19.0 Å². The van der Waals surface area contributed by atoms with E-state index in [1.165, 1.54) is 10.8 Å². The smallest absolute Gasteiger partial charge is 0.333 e. The van der Waals surface area contributed by atoms with Crippen LogP contribution in [0.4, 0.5) is 0 Å². The Bertz CT molecular complexity index is 1280. The number of ether oxygens (including phenoxy) is 2. The van der Waals surface area contributed by atoms with Gasteiger partial charge in [0, 0.05) is 6.20 Å². The number of carbonyl (C=O) groups excluding carboxylic acids is 2. The molecule has 2 aromatic heterocycles. The van der Waals surface area contributed by atoms with Crippen molar-refractivity contribution in [1.29, 1.82) is 0 Å². The number of nitrogens with zero attached hydrogens (tertiary/aromatic N) is 3. The van der Waals surface area contributed by atoms with Crippen LogP contribution in [0.1, 0.15) is 25.0 Å². The SMILES string of the molecule is CCOC(=O)Cn1c(=O)c2cccnc2n(Cc2cccc(CC(Br)C(=O)OCC)c2)c1=O. The van der Waals surface area contributed by atoms with E-state index in [-0.39, 0.29) is 30.2 Å². The molecule has 3 aromatic rings. The molecule has 0 aliphatic rings. The number of benzene rings is 1. The van der Waals surface area contributed by atoms with Crippen molar-refractivity contribution in [1.82, 2.24) is 14.1 Å². The molecule has 2 heterocycles. The molecule has 0 saturated heterocycles. The first-order chi connectivity index (χ1) is 15.8. The Labute approximate surface area is 198 Å². The maximum Gasteiger partial charge on any atom is 0.333 e. The fraction of sp³-hybridized carbons (Fsp3) is 0.348. The largest absolute Gasteiger partial charge is 0.465 e. The highest BCUT2D eigenvalue weighted by Crippen LogP contribution is 2.15. The molecule has 33 heavy (non-hydrogen) atoms. The second-order valence-corrected chi connectivity index (χ2v) is 8.29. The number of esters is 2. The summed E-state index contributed by atoms with van der Waals surface area (Å²) in [5.41, 5.74) is 0.606. The molecular formula is C23H24BrN3O6. The zero-order valence-electron chi connectivity index (χ0n) is 18.3. The van der Waals surface area contributed by atoms with Gasteiger partial charge in [0.25, 0.3) is 5.56 Å². The van der Waals surface area contributed by atoms with Gasteiger partial charge in [-0.25, -0.2) is 14.3 Å². The predicted octanol–water partition coefficient (Wildman–Crippen LogP) is 2.04. The zero-order valence-corrected chi connectivity index (χ0v) is 19.9. The molecule has 1 unspecified atom stereocenters. The molecule has 0 N–H and O–H groups in total. The van der Waals surface area contributed by atoms with E-state index < -0.39 is 28.6 Å². The quantitative estimate of drug-likeness (QED) is 0.315. The molecule has 0 bridgehead atoms. The summed E-state index contributed by atoms with van der Waals surface area (Å²) in [5.74, 6) is -1.02. The molecular weight excluding hydrogens is 494 g/mol. The van der Waals surface area contributed by atoms with Gasteiger partial charge in [-0.1, -0.05) is 40.2 Å². The van der Waals surface area contributed by atoms with Crippen LogP contribution < -0.4 is 11.2 Å². The van der Waals surface area contributed by atoms with Crippen LogP contribution in [-0.4, -0.2) is 44.1 Å². The van der Waals surface area contributed by atoms with Crippen LogP contribution in [0.25, 0.3) is 11.0 Å². The Hall–Kier alpha value is -3.27. The van der Waals surface area contributed by atoms with Crippen molar-refractivity contribution in [3.8, 4) is 0 Å². The van der Waals surface area contributed by atoms with E-state index in [2.05, 4.69) is 20.9 Å². The third-order valence-corrected chi connectivity index (χ3v) is 5.56. The highest BCUT2D eigenvalue weighted by atomic mass is 79.9. The van der Waals surface area contributed by atoms with Crippen LogP contribution in [-0.2, 0) is 38.6 Å². The highest BCUT2D eigenvalue weighted by Gasteiger charge is 2.19. The number of aromatic nitrogens is 3. The number of hydrogen-bond donors (Lipinski definition) is 0. The average molecular weight is 518 g/mol. The molecule has 0 fully saturated rings. The standard InChI is InChI=1S/C23H24BrN3O6/c1-3-32-19(28)14-27-21(29)17-9-6-10-25-20(17)26(23(27)31)13-16-8-5-7-15(11-16)12-18(24)22(30)33-4-2/h5-11,18H,3-4,12-14H2,1-2H3. The van der Waals surface area contributed by atoms with Gasteiger partial charge in [-0.15, -0.1) is 0 Å². The number of pyridine rings is 1. The van der Waals surface area contributed by atoms with E-state index in [9.17, 15) is 19.2 Å². The normalized spacial score (nSPS) is 11.8. The van der Waals surface area contributed by atoms with E-state index in [1.807, 2.05) is 24.3 Å². The second kappa shape index (κ2) is 11.0. The molecule has 0 radical (unpaired) electrons. The molecule has 3 rings (SSSR count). The maximum atomic E-state index is 13.2. The molecule has 0 spiro atoms. The molecule has 0 aliphatic carbocycles. The second-order valence-electron chi connectivity index (χ2n) is 7.18. The third kappa shape index (κ3) is 5.75. The Morgan fingerprint density at radius 2 is 1.76 bits per heavy atom. The minimum atomic E-state index is -0.671. The molecule has 0 saturated carbocycles. The van der Waals surface area contributed by atoms with Gasteiger partial charge in [0.1, 0.15) is 17.0 Å². The van der Waals surface area contributed by atoms with Gasteiger partial charge in [0.2, 0.25) is 0 Å². The molecule has 10 heteroatoms. The summed E-state index contributed by atoms with van der Waals surface area (Å²) in [6.07, 6.45) is 1.90. The van der Waals surface area contributed by atoms with Crippen molar-refractivity contribution in [3.05, 3.63) is 74.6 Å². The number of alkyl halides is 1. The number of hydrogen-bond acceptors (Lipinski definition) is 7. The summed E-state index contributed by atoms with van der Waals surface area (Å²) < 4.78 is 12.2. The molecule has 9 nitrogen and oxygen atoms in total. The van der Waals surface area contributed by atoms with Gasteiger partial charge < -0.3 is 9.47 Å². The van der Waals surface area contributed by atoms with Crippen molar-refractivity contribution in [2.45, 2.75) is 38.2 Å². The number of halogens is 1. The minimum absolute atomic E-state index is 0.121. The number of fused-ring (bicyclic) bond motifs is 1. The minimum Gasteiger partial charge on any atom is -0.465 e. The first kappa shape index (κ1) is 24.4. The van der Waals surface area contributed by atoms with Crippen LogP contribution in [0.15, 0.2) is 52.2 Å². The van der Waals surface area contributed by atoms with Crippen molar-refractivity contribution in [2.24, 2.45) is 0 Å². The Morgan fingerprint density at radius 1 is 1.03 bits per heavy atom. The summed E-state index contributed by atoms with van der Waals surface area (Å²) in [5, 5.41) is 0.223. The van der Waals surface area contributed by atoms with Crippen molar-refractivity contribution >= 4 is 38.9 Å². The summed E-state index contributed by atoms with van der Waals surface area (Å²) in [6.45, 7) is 3.47. The lowest BCUT2D eigenvalue weighted by atomic mass is 10.1. The van der Waals surface area contributed by atoms with Gasteiger partial charge >= 0.3 is 17.6 Å². The van der Waals surface area contributed by atoms with Crippen LogP contribution in [0.2, 0.25) is 0 Å². The number of carbonyl (C=O) groups is 2. The maximum absolute atomic E-state index is 13.2. The lowest BCUT2D eigenvalue weighted by Crippen LogP contribution is -2.42. The fourth-order valence-corrected chi connectivity index (χ4v) is 3.93. The van der Waals surface area contributed by atoms with Crippen molar-refractivity contribution in [3.63, 3.8) is 0 Å². The van der Waals surface area contributed by atoms with E-state index >= 15 is 0 Å². The van der Waals surface area contributed by atoms with Crippen LogP contribution in [0.3, 0.4) is 0 Å². The first-order valence-corrected chi connectivity index (χ1v) is 11.4. The molecule has 174 valence electrons. The third-order valence-electron chi connectivity index (χ3n) is 4.86. The first-order valence-electron chi connectivity index (χ1n) is 10.5. The fourth-order valence-electron chi connectivity index (χ4n) is 3.43. The molecule has 0 aliphatic heterocycles. The highest BCUT2D eigenvalue weighted by molar-refractivity contribution is 9.10. The van der Waals surface area contributed by atoms with E-state index in [1.54, 1.807) is 26.0 Å². The van der Waals surface area contributed by atoms with Crippen LogP contribution in [0.5, 0.6) is 0 Å². The lowest BCUT2D eigenvalue weighted by Gasteiger charge is -2.14. The molecule has 0 amide bonds. The molecule has 1 atom stereocenters. The Balaban J connectivity index is 1.99. The number of rotatable bonds is 9. The average Bonchev–Trinajstić information content (AvgIpc) is 2.80. The zero-order chi connectivity index (χ0) is 24.0. The van der Waals surface area contributed by atoms with Crippen molar-refractivity contribution in [2.75, 3.05) is 13.2 Å². The lowest BCUT2D eigenvalue weighted by molar-refractivity contribution is -0.144. The van der Waals surface area contributed by atoms with E-state index in [0.29, 0.717) is 13.0 Å². The molecule has 1 aromatic carbocycles. The van der Waals surface area contributed by atoms with Crippen LogP contribution in [0, 0.1) is 0 Å². The topological polar surface area (TPSA) is 109 Å². The monoisotopic (exact) mass is 517 g/mol. The predicted molar refractivity (Wildman–Crippen MR) is 125 cm³/mol. The van der Waals surface area contributed by atoms with Gasteiger partial charge in [-0.05, 0) is 43.5 Å². The van der Waals surface area contributed by atoms with Crippen molar-refractivity contribution < 1.29 is 19.1 Å². The summed E-state index contributed by atoms with van der Waals surface area (Å²) in [4.78, 5) is 53.7. The van der Waals surface area contributed by atoms with Gasteiger partial charge in [-0.2, -0.15) is 0 Å². The summed E-state index contributed by atoms with van der Waals surface area (Å²) in [7, 11) is 0. The van der Waals surface area contributed by atoms with Gasteiger partial charge in [0.05, 0.1) is 25.1 Å². The van der Waals surface area contributed by atoms with Crippen LogP contribution >= 0.6 is 15.9 Å². The summed E-state index contributed by atoms with van der Waals surface area (Å²) >= 11 is 3.35.